The van der Waals surface area contributed by atoms with Crippen LogP contribution in [0.4, 0.5) is 0 Å². The van der Waals surface area contributed by atoms with Crippen molar-refractivity contribution in [2.45, 2.75) is 37.9 Å². The minimum atomic E-state index is -0.750. The molecule has 0 aromatic carbocycles. The van der Waals surface area contributed by atoms with Crippen LogP contribution < -0.4 is 5.32 Å². The van der Waals surface area contributed by atoms with Crippen LogP contribution in [0.15, 0.2) is 4.99 Å². The number of thioether (sulfide) groups is 1. The van der Waals surface area contributed by atoms with Gasteiger partial charge in [-0.05, 0) is 25.2 Å². The molecule has 1 aliphatic carbocycles. The minimum absolute atomic E-state index is 0.195. The Hall–Kier alpha value is -0.0300. The molecule has 0 saturated heterocycles. The lowest BCUT2D eigenvalue weighted by Crippen LogP contribution is -2.36. The first-order valence-electron chi connectivity index (χ1n) is 6.35. The van der Waals surface area contributed by atoms with Crippen molar-refractivity contribution in [3.05, 3.63) is 0 Å². The molecule has 2 aliphatic rings. The van der Waals surface area contributed by atoms with E-state index in [4.69, 9.17) is 0 Å². The molecule has 0 aromatic heterocycles. The van der Waals surface area contributed by atoms with Crippen molar-refractivity contribution in [3.8, 4) is 0 Å². The third-order valence-corrected chi connectivity index (χ3v) is 6.45. The molecular formula is C12H22N2OS2. The van der Waals surface area contributed by atoms with Gasteiger partial charge in [-0.2, -0.15) is 0 Å². The summed E-state index contributed by atoms with van der Waals surface area (Å²) in [6.45, 7) is 3.77. The lowest BCUT2D eigenvalue weighted by molar-refractivity contribution is 0.358. The molecule has 98 valence electrons. The quantitative estimate of drug-likeness (QED) is 0.856. The van der Waals surface area contributed by atoms with Crippen LogP contribution in [0.25, 0.3) is 0 Å². The largest absolute Gasteiger partial charge is 0.364 e. The average Bonchev–Trinajstić information content (AvgIpc) is 2.76. The molecule has 0 amide bonds. The summed E-state index contributed by atoms with van der Waals surface area (Å²) >= 11 is 1.85. The van der Waals surface area contributed by atoms with Crippen LogP contribution in [0.1, 0.15) is 32.6 Å². The van der Waals surface area contributed by atoms with E-state index < -0.39 is 10.8 Å². The lowest BCUT2D eigenvalue weighted by atomic mass is 9.89. The van der Waals surface area contributed by atoms with Crippen molar-refractivity contribution in [2.24, 2.45) is 10.4 Å². The Kier molecular flexibility index (Phi) is 4.53. The molecule has 0 radical (unpaired) electrons. The molecule has 1 spiro atoms. The second-order valence-corrected chi connectivity index (χ2v) is 8.07. The van der Waals surface area contributed by atoms with Gasteiger partial charge < -0.3 is 5.32 Å². The highest BCUT2D eigenvalue weighted by molar-refractivity contribution is 8.13. The molecule has 1 N–H and O–H groups in total. The van der Waals surface area contributed by atoms with E-state index in [1.165, 1.54) is 31.4 Å². The maximum Gasteiger partial charge on any atom is 0.156 e. The van der Waals surface area contributed by atoms with Gasteiger partial charge in [0.1, 0.15) is 0 Å². The molecule has 1 heterocycles. The van der Waals surface area contributed by atoms with Crippen LogP contribution in [-0.2, 0) is 10.8 Å². The number of nitrogens with one attached hydrogen (secondary N) is 1. The normalized spacial score (nSPS) is 26.6. The number of nitrogens with zero attached hydrogens (tertiary/aromatic N) is 1. The summed E-state index contributed by atoms with van der Waals surface area (Å²) in [7, 11) is -0.750. The number of hydrogen-bond donors (Lipinski definition) is 1. The standard InChI is InChI=1S/C12H22N2OS2/c1-10(17(2)15)7-13-11-14-8-12(9-16-11)5-3-4-6-12/h10H,3-9H2,1-2H3,(H,13,14). The van der Waals surface area contributed by atoms with Crippen LogP contribution in [0.3, 0.4) is 0 Å². The van der Waals surface area contributed by atoms with Gasteiger partial charge in [0.25, 0.3) is 0 Å². The molecule has 3 nitrogen and oxygen atoms in total. The molecule has 0 aromatic rings. The third kappa shape index (κ3) is 3.47. The predicted molar refractivity (Wildman–Crippen MR) is 77.2 cm³/mol. The van der Waals surface area contributed by atoms with E-state index in [0.29, 0.717) is 5.41 Å². The van der Waals surface area contributed by atoms with Gasteiger partial charge in [0.2, 0.25) is 0 Å². The van der Waals surface area contributed by atoms with Gasteiger partial charge in [-0.3, -0.25) is 9.20 Å². The van der Waals surface area contributed by atoms with Crippen LogP contribution in [0.2, 0.25) is 0 Å². The summed E-state index contributed by atoms with van der Waals surface area (Å²) in [6, 6.07) is 0. The fraction of sp³-hybridized carbons (Fsp3) is 0.917. The van der Waals surface area contributed by atoms with E-state index in [1.807, 2.05) is 18.7 Å². The number of hydrogen-bond acceptors (Lipinski definition) is 4. The van der Waals surface area contributed by atoms with E-state index in [1.54, 1.807) is 6.26 Å². The summed E-state index contributed by atoms with van der Waals surface area (Å²) < 4.78 is 11.2. The zero-order valence-corrected chi connectivity index (χ0v) is 12.3. The van der Waals surface area contributed by atoms with Crippen molar-refractivity contribution in [1.29, 1.82) is 0 Å². The minimum Gasteiger partial charge on any atom is -0.364 e. The zero-order chi connectivity index (χ0) is 12.3. The van der Waals surface area contributed by atoms with Gasteiger partial charge in [-0.1, -0.05) is 24.6 Å². The first kappa shape index (κ1) is 13.4. The third-order valence-electron chi connectivity index (χ3n) is 3.84. The molecule has 1 aliphatic heterocycles. The average molecular weight is 274 g/mol. The Morgan fingerprint density at radius 1 is 1.53 bits per heavy atom. The SMILES string of the molecule is CC(CNC1=NCC2(CCCC2)CS1)S(C)=O. The van der Waals surface area contributed by atoms with Crippen LogP contribution >= 0.6 is 11.8 Å². The summed E-state index contributed by atoms with van der Waals surface area (Å²) in [6.07, 6.45) is 7.23. The van der Waals surface area contributed by atoms with Crippen molar-refractivity contribution in [3.63, 3.8) is 0 Å². The highest BCUT2D eigenvalue weighted by atomic mass is 32.2. The summed E-state index contributed by atoms with van der Waals surface area (Å²) in [4.78, 5) is 4.67. The first-order valence-corrected chi connectivity index (χ1v) is 8.95. The van der Waals surface area contributed by atoms with Gasteiger partial charge >= 0.3 is 0 Å². The van der Waals surface area contributed by atoms with Crippen LogP contribution in [0.5, 0.6) is 0 Å². The van der Waals surface area contributed by atoms with Crippen molar-refractivity contribution >= 4 is 27.7 Å². The van der Waals surface area contributed by atoms with Crippen molar-refractivity contribution < 1.29 is 4.21 Å². The highest BCUT2D eigenvalue weighted by Crippen LogP contribution is 2.43. The van der Waals surface area contributed by atoms with E-state index in [2.05, 4.69) is 10.3 Å². The predicted octanol–water partition coefficient (Wildman–Crippen LogP) is 2.01. The maximum atomic E-state index is 11.2. The summed E-state index contributed by atoms with van der Waals surface area (Å²) in [5.74, 6) is 1.21. The molecule has 2 atom stereocenters. The number of rotatable bonds is 3. The van der Waals surface area contributed by atoms with E-state index in [0.717, 1.165) is 18.3 Å². The first-order chi connectivity index (χ1) is 8.11. The van der Waals surface area contributed by atoms with Gasteiger partial charge in [0.05, 0.1) is 0 Å². The molecule has 1 fully saturated rings. The highest BCUT2D eigenvalue weighted by Gasteiger charge is 2.36. The van der Waals surface area contributed by atoms with E-state index in [-0.39, 0.29) is 5.25 Å². The second kappa shape index (κ2) is 5.74. The Morgan fingerprint density at radius 3 is 2.76 bits per heavy atom. The lowest BCUT2D eigenvalue weighted by Gasteiger charge is -2.31. The van der Waals surface area contributed by atoms with E-state index >= 15 is 0 Å². The molecule has 2 unspecified atom stereocenters. The molecule has 0 bridgehead atoms. The smallest absolute Gasteiger partial charge is 0.156 e. The molecule has 5 heteroatoms. The maximum absolute atomic E-state index is 11.2. The Balaban J connectivity index is 1.80. The Bertz CT molecular complexity index is 324. The summed E-state index contributed by atoms with van der Waals surface area (Å²) in [5.41, 5.74) is 0.509. The topological polar surface area (TPSA) is 41.5 Å². The number of aliphatic imine (C=N–C) groups is 1. The Morgan fingerprint density at radius 2 is 2.24 bits per heavy atom. The summed E-state index contributed by atoms with van der Waals surface area (Å²) in [5, 5.41) is 4.58. The molecular weight excluding hydrogens is 252 g/mol. The van der Waals surface area contributed by atoms with Gasteiger partial charge in [-0.15, -0.1) is 0 Å². The van der Waals surface area contributed by atoms with E-state index in [9.17, 15) is 4.21 Å². The van der Waals surface area contributed by atoms with Crippen molar-refractivity contribution in [1.82, 2.24) is 5.32 Å². The van der Waals surface area contributed by atoms with Crippen molar-refractivity contribution in [2.75, 3.05) is 25.1 Å². The molecule has 1 saturated carbocycles. The second-order valence-electron chi connectivity index (χ2n) is 5.31. The van der Waals surface area contributed by atoms with Gasteiger partial charge in [0, 0.05) is 41.1 Å². The zero-order valence-electron chi connectivity index (χ0n) is 10.7. The molecule has 2 rings (SSSR count). The fourth-order valence-corrected chi connectivity index (χ4v) is 3.92. The van der Waals surface area contributed by atoms with Gasteiger partial charge in [0.15, 0.2) is 5.17 Å². The van der Waals surface area contributed by atoms with Crippen LogP contribution in [0, 0.1) is 5.41 Å². The monoisotopic (exact) mass is 274 g/mol. The number of amidine groups is 1. The molecule has 17 heavy (non-hydrogen) atoms. The fourth-order valence-electron chi connectivity index (χ4n) is 2.44. The van der Waals surface area contributed by atoms with Crippen LogP contribution in [-0.4, -0.2) is 39.7 Å². The Labute approximate surface area is 111 Å². The van der Waals surface area contributed by atoms with Gasteiger partial charge in [-0.25, -0.2) is 0 Å².